The summed E-state index contributed by atoms with van der Waals surface area (Å²) in [5.41, 5.74) is 2.71. The monoisotopic (exact) mass is 624 g/mol. The van der Waals surface area contributed by atoms with Gasteiger partial charge in [0.05, 0.1) is 27.0 Å². The number of nitrogens with zero attached hydrogens (tertiary/aromatic N) is 1. The fourth-order valence-electron chi connectivity index (χ4n) is 5.64. The fraction of sp³-hybridized carbons (Fsp3) is 0.441. The van der Waals surface area contributed by atoms with Gasteiger partial charge in [-0.25, -0.2) is 0 Å². The molecule has 1 atom stereocenters. The molecule has 1 aliphatic rings. The fourth-order valence-corrected chi connectivity index (χ4v) is 7.07. The first kappa shape index (κ1) is 33.1. The van der Waals surface area contributed by atoms with Gasteiger partial charge in [-0.15, -0.1) is 0 Å². The van der Waals surface area contributed by atoms with Gasteiger partial charge in [0.2, 0.25) is 5.75 Å². The first-order valence-corrected chi connectivity index (χ1v) is 16.7. The number of carbonyl (C=O) groups is 1. The van der Waals surface area contributed by atoms with Crippen LogP contribution in [0.25, 0.3) is 0 Å². The van der Waals surface area contributed by atoms with Crippen LogP contribution in [-0.4, -0.2) is 58.7 Å². The molecule has 1 heterocycles. The Morgan fingerprint density at radius 3 is 1.89 bits per heavy atom. The summed E-state index contributed by atoms with van der Waals surface area (Å²) in [5.74, 6) is 0.480. The number of hydrogen-bond acceptors (Lipinski definition) is 7. The molecule has 1 fully saturated rings. The third-order valence-corrected chi connectivity index (χ3v) is 9.45. The first-order chi connectivity index (χ1) is 21.3. The quantitative estimate of drug-likeness (QED) is 0.190. The van der Waals surface area contributed by atoms with Crippen molar-refractivity contribution in [1.82, 2.24) is 4.31 Å². The molecule has 0 spiro atoms. The van der Waals surface area contributed by atoms with Crippen LogP contribution in [0.5, 0.6) is 17.2 Å². The Bertz CT molecular complexity index is 1360. The number of ether oxygens (including phenoxy) is 4. The second kappa shape index (κ2) is 16.4. The molecule has 0 aliphatic carbocycles. The van der Waals surface area contributed by atoms with E-state index in [9.17, 15) is 13.2 Å². The van der Waals surface area contributed by atoms with E-state index >= 15 is 0 Å². The zero-order valence-electron chi connectivity index (χ0n) is 25.9. The minimum absolute atomic E-state index is 0.214. The Labute approximate surface area is 261 Å². The van der Waals surface area contributed by atoms with Crippen molar-refractivity contribution < 1.29 is 32.2 Å². The SMILES string of the molecule is COc1cc(NS(=O)(=O)N2CCCC[C@H]2C(=O)OC(CCCc2ccccc2)CCCc2ccccc2)cc(OC)c1OC. The summed E-state index contributed by atoms with van der Waals surface area (Å²) in [6.07, 6.45) is 6.40. The van der Waals surface area contributed by atoms with Gasteiger partial charge in [-0.1, -0.05) is 60.7 Å². The van der Waals surface area contributed by atoms with Crippen LogP contribution in [0.4, 0.5) is 5.69 Å². The lowest BCUT2D eigenvalue weighted by molar-refractivity contribution is -0.155. The highest BCUT2D eigenvalue weighted by molar-refractivity contribution is 7.90. The highest BCUT2D eigenvalue weighted by Crippen LogP contribution is 2.40. The van der Waals surface area contributed by atoms with Gasteiger partial charge in [-0.05, 0) is 68.9 Å². The predicted octanol–water partition coefficient (Wildman–Crippen LogP) is 6.18. The van der Waals surface area contributed by atoms with Crippen molar-refractivity contribution in [3.63, 3.8) is 0 Å². The molecule has 0 amide bonds. The van der Waals surface area contributed by atoms with Crippen molar-refractivity contribution in [2.75, 3.05) is 32.6 Å². The summed E-state index contributed by atoms with van der Waals surface area (Å²) in [4.78, 5) is 13.7. The molecule has 1 aliphatic heterocycles. The smallest absolute Gasteiger partial charge is 0.324 e. The van der Waals surface area contributed by atoms with Crippen molar-refractivity contribution in [2.45, 2.75) is 69.9 Å². The van der Waals surface area contributed by atoms with Crippen LogP contribution in [0.2, 0.25) is 0 Å². The molecule has 1 N–H and O–H groups in total. The molecule has 3 aromatic carbocycles. The Balaban J connectivity index is 1.46. The highest BCUT2D eigenvalue weighted by Gasteiger charge is 2.39. The molecule has 44 heavy (non-hydrogen) atoms. The lowest BCUT2D eigenvalue weighted by atomic mass is 10.0. The van der Waals surface area contributed by atoms with Gasteiger partial charge in [-0.2, -0.15) is 12.7 Å². The maximum absolute atomic E-state index is 13.7. The van der Waals surface area contributed by atoms with Crippen LogP contribution in [0, 0.1) is 0 Å². The molecule has 0 bridgehead atoms. The van der Waals surface area contributed by atoms with Gasteiger partial charge in [0, 0.05) is 18.7 Å². The van der Waals surface area contributed by atoms with E-state index in [4.69, 9.17) is 18.9 Å². The number of rotatable bonds is 16. The minimum Gasteiger partial charge on any atom is -0.493 e. The number of anilines is 1. The van der Waals surface area contributed by atoms with Crippen LogP contribution in [0.1, 0.15) is 56.1 Å². The normalized spacial score (nSPS) is 15.5. The molecule has 9 nitrogen and oxygen atoms in total. The van der Waals surface area contributed by atoms with E-state index in [1.165, 1.54) is 48.9 Å². The van der Waals surface area contributed by atoms with Gasteiger partial charge < -0.3 is 18.9 Å². The molecular weight excluding hydrogens is 580 g/mol. The zero-order chi connectivity index (χ0) is 31.4. The average molecular weight is 625 g/mol. The van der Waals surface area contributed by atoms with E-state index in [-0.39, 0.29) is 18.3 Å². The molecule has 10 heteroatoms. The number of piperidine rings is 1. The molecule has 0 saturated carbocycles. The number of aryl methyl sites for hydroxylation is 2. The number of hydrogen-bond donors (Lipinski definition) is 1. The standard InChI is InChI=1S/C34H44N2O7S/c1-40-31-24-28(25-32(41-2)33(31)42-3)35-44(38,39)36-23-11-10-22-30(36)34(37)43-29(20-12-18-26-14-6-4-7-15-26)21-13-19-27-16-8-5-9-17-27/h4-9,14-17,24-25,29-30,35H,10-13,18-23H2,1-3H3/t30-/m0/s1. The number of benzene rings is 3. The number of esters is 1. The number of methoxy groups -OCH3 is 3. The summed E-state index contributed by atoms with van der Waals surface area (Å²) >= 11 is 0. The van der Waals surface area contributed by atoms with Crippen molar-refractivity contribution in [3.8, 4) is 17.2 Å². The van der Waals surface area contributed by atoms with Crippen molar-refractivity contribution in [3.05, 3.63) is 83.9 Å². The van der Waals surface area contributed by atoms with Crippen molar-refractivity contribution >= 4 is 21.9 Å². The Morgan fingerprint density at radius 2 is 1.39 bits per heavy atom. The molecule has 0 radical (unpaired) electrons. The van der Waals surface area contributed by atoms with Crippen LogP contribution in [0.3, 0.4) is 0 Å². The van der Waals surface area contributed by atoms with E-state index in [1.807, 2.05) is 36.4 Å². The Hall–Kier alpha value is -3.76. The molecule has 1 saturated heterocycles. The second-order valence-electron chi connectivity index (χ2n) is 11.0. The highest BCUT2D eigenvalue weighted by atomic mass is 32.2. The average Bonchev–Trinajstić information content (AvgIpc) is 3.05. The van der Waals surface area contributed by atoms with E-state index in [1.54, 1.807) is 0 Å². The maximum atomic E-state index is 13.7. The largest absolute Gasteiger partial charge is 0.493 e. The third-order valence-electron chi connectivity index (χ3n) is 7.90. The molecular formula is C34H44N2O7S. The summed E-state index contributed by atoms with van der Waals surface area (Å²) in [6.45, 7) is 0.214. The van der Waals surface area contributed by atoms with Gasteiger partial charge in [0.15, 0.2) is 11.5 Å². The van der Waals surface area contributed by atoms with E-state index in [2.05, 4.69) is 29.0 Å². The Kier molecular flexibility index (Phi) is 12.3. The van der Waals surface area contributed by atoms with Crippen LogP contribution >= 0.6 is 0 Å². The van der Waals surface area contributed by atoms with Crippen LogP contribution in [0.15, 0.2) is 72.8 Å². The number of carbonyl (C=O) groups excluding carboxylic acids is 1. The van der Waals surface area contributed by atoms with Gasteiger partial charge >= 0.3 is 16.2 Å². The Morgan fingerprint density at radius 1 is 0.841 bits per heavy atom. The van der Waals surface area contributed by atoms with Crippen molar-refractivity contribution in [1.29, 1.82) is 0 Å². The predicted molar refractivity (Wildman–Crippen MR) is 172 cm³/mol. The number of nitrogens with one attached hydrogen (secondary N) is 1. The molecule has 3 aromatic rings. The summed E-state index contributed by atoms with van der Waals surface area (Å²) in [6, 6.07) is 22.6. The second-order valence-corrected chi connectivity index (χ2v) is 12.6. The lowest BCUT2D eigenvalue weighted by Gasteiger charge is -2.34. The van der Waals surface area contributed by atoms with E-state index in [0.717, 1.165) is 32.1 Å². The molecule has 4 rings (SSSR count). The van der Waals surface area contributed by atoms with Crippen LogP contribution in [-0.2, 0) is 32.6 Å². The summed E-state index contributed by atoms with van der Waals surface area (Å²) in [7, 11) is 0.287. The van der Waals surface area contributed by atoms with Gasteiger partial charge in [0.1, 0.15) is 12.1 Å². The zero-order valence-corrected chi connectivity index (χ0v) is 26.7. The van der Waals surface area contributed by atoms with Crippen LogP contribution < -0.4 is 18.9 Å². The lowest BCUT2D eigenvalue weighted by Crippen LogP contribution is -2.51. The maximum Gasteiger partial charge on any atom is 0.324 e. The molecule has 238 valence electrons. The van der Waals surface area contributed by atoms with Gasteiger partial charge in [0.25, 0.3) is 0 Å². The van der Waals surface area contributed by atoms with Crippen molar-refractivity contribution in [2.24, 2.45) is 0 Å². The third kappa shape index (κ3) is 9.12. The van der Waals surface area contributed by atoms with E-state index in [0.29, 0.717) is 42.9 Å². The van der Waals surface area contributed by atoms with E-state index < -0.39 is 22.2 Å². The molecule has 0 unspecified atom stereocenters. The first-order valence-electron chi connectivity index (χ1n) is 15.2. The topological polar surface area (TPSA) is 103 Å². The summed E-state index contributed by atoms with van der Waals surface area (Å²) in [5, 5.41) is 0. The molecule has 0 aromatic heterocycles. The summed E-state index contributed by atoms with van der Waals surface area (Å²) < 4.78 is 53.4. The van der Waals surface area contributed by atoms with Gasteiger partial charge in [-0.3, -0.25) is 9.52 Å². The minimum atomic E-state index is -4.11.